The smallest absolute Gasteiger partial charge is 0.164 e. The summed E-state index contributed by atoms with van der Waals surface area (Å²) >= 11 is 0. The van der Waals surface area contributed by atoms with Gasteiger partial charge in [0.15, 0.2) is 17.5 Å². The molecule has 0 saturated carbocycles. The lowest BCUT2D eigenvalue weighted by Gasteiger charge is -2.11. The van der Waals surface area contributed by atoms with Gasteiger partial charge in [-0.15, -0.1) is 0 Å². The Morgan fingerprint density at radius 3 is 1.19 bits per heavy atom. The van der Waals surface area contributed by atoms with Gasteiger partial charge in [0.25, 0.3) is 0 Å². The Kier molecular flexibility index (Phi) is 8.41. The van der Waals surface area contributed by atoms with Crippen molar-refractivity contribution in [3.05, 3.63) is 206 Å². The molecule has 0 bridgehead atoms. The van der Waals surface area contributed by atoms with E-state index >= 15 is 0 Å². The quantitative estimate of drug-likeness (QED) is 0.162. The molecule has 5 nitrogen and oxygen atoms in total. The van der Waals surface area contributed by atoms with Crippen LogP contribution in [0.3, 0.4) is 0 Å². The molecule has 0 aliphatic rings. The molecular weight excluding hydrogens is 721 g/mol. The van der Waals surface area contributed by atoms with Crippen LogP contribution in [-0.2, 0) is 0 Å². The zero-order chi connectivity index (χ0) is 39.1. The molecule has 0 spiro atoms. The van der Waals surface area contributed by atoms with Gasteiger partial charge in [0.1, 0.15) is 11.2 Å². The van der Waals surface area contributed by atoms with Crippen LogP contribution in [-0.4, -0.2) is 19.9 Å². The molecule has 0 aliphatic heterocycles. The molecule has 11 rings (SSSR count). The van der Waals surface area contributed by atoms with Gasteiger partial charge < -0.3 is 4.42 Å². The van der Waals surface area contributed by atoms with Crippen LogP contribution in [0.15, 0.2) is 211 Å². The van der Waals surface area contributed by atoms with Crippen LogP contribution in [0.1, 0.15) is 0 Å². The highest BCUT2D eigenvalue weighted by Gasteiger charge is 2.19. The van der Waals surface area contributed by atoms with Gasteiger partial charge in [-0.3, -0.25) is 0 Å². The Labute approximate surface area is 341 Å². The molecule has 5 heteroatoms. The average Bonchev–Trinajstić information content (AvgIpc) is 3.72. The van der Waals surface area contributed by atoms with E-state index in [4.69, 9.17) is 24.4 Å². The first-order valence-corrected chi connectivity index (χ1v) is 19.7. The fourth-order valence-corrected chi connectivity index (χ4v) is 7.91. The van der Waals surface area contributed by atoms with Crippen LogP contribution >= 0.6 is 0 Å². The molecule has 59 heavy (non-hydrogen) atoms. The minimum Gasteiger partial charge on any atom is -0.455 e. The molecule has 0 unspecified atom stereocenters. The first kappa shape index (κ1) is 34.2. The van der Waals surface area contributed by atoms with E-state index in [1.54, 1.807) is 0 Å². The second kappa shape index (κ2) is 14.5. The van der Waals surface area contributed by atoms with Gasteiger partial charge >= 0.3 is 0 Å². The maximum absolute atomic E-state index is 6.51. The lowest BCUT2D eigenvalue weighted by atomic mass is 9.99. The molecule has 3 heterocycles. The second-order valence-electron chi connectivity index (χ2n) is 14.6. The number of pyridine rings is 1. The zero-order valence-electron chi connectivity index (χ0n) is 31.8. The van der Waals surface area contributed by atoms with Gasteiger partial charge in [-0.2, -0.15) is 0 Å². The first-order chi connectivity index (χ1) is 29.2. The normalized spacial score (nSPS) is 11.4. The third kappa shape index (κ3) is 6.41. The number of aromatic nitrogens is 4. The van der Waals surface area contributed by atoms with E-state index in [1.807, 2.05) is 36.4 Å². The third-order valence-electron chi connectivity index (χ3n) is 11.0. The first-order valence-electron chi connectivity index (χ1n) is 19.7. The van der Waals surface area contributed by atoms with Crippen LogP contribution < -0.4 is 0 Å². The summed E-state index contributed by atoms with van der Waals surface area (Å²) in [7, 11) is 0. The van der Waals surface area contributed by atoms with E-state index in [2.05, 4.69) is 170 Å². The Morgan fingerprint density at radius 2 is 0.678 bits per heavy atom. The van der Waals surface area contributed by atoms with Gasteiger partial charge in [-0.25, -0.2) is 19.9 Å². The van der Waals surface area contributed by atoms with E-state index in [-0.39, 0.29) is 0 Å². The fraction of sp³-hybridized carbons (Fsp3) is 0. The Hall–Kier alpha value is -8.02. The zero-order valence-corrected chi connectivity index (χ0v) is 31.8. The summed E-state index contributed by atoms with van der Waals surface area (Å²) in [4.78, 5) is 20.4. The SMILES string of the molecule is c1ccc(-c2ccc(-c3nc(-c4ccc(-c5ccccc5)cc4)nc(-c4ccc(-c5ccc6c(c5)nc(-c5ccccc5)c5c7ccccc7oc65)cc4)n3)cc2)cc1. The van der Waals surface area contributed by atoms with Crippen LogP contribution in [0.2, 0.25) is 0 Å². The molecule has 0 saturated heterocycles. The Balaban J connectivity index is 0.981. The molecule has 0 amide bonds. The number of hydrogen-bond donors (Lipinski definition) is 0. The largest absolute Gasteiger partial charge is 0.455 e. The lowest BCUT2D eigenvalue weighted by molar-refractivity contribution is 0.672. The van der Waals surface area contributed by atoms with Crippen molar-refractivity contribution >= 4 is 32.8 Å². The van der Waals surface area contributed by atoms with Crippen LogP contribution in [0.25, 0.3) is 112 Å². The molecule has 11 aromatic rings. The summed E-state index contributed by atoms with van der Waals surface area (Å²) in [6, 6.07) is 71.0. The number of furan rings is 1. The highest BCUT2D eigenvalue weighted by Crippen LogP contribution is 2.40. The van der Waals surface area contributed by atoms with Gasteiger partial charge in [0.2, 0.25) is 0 Å². The molecule has 276 valence electrons. The average molecular weight is 755 g/mol. The van der Waals surface area contributed by atoms with Crippen LogP contribution in [0, 0.1) is 0 Å². The Morgan fingerprint density at radius 1 is 0.288 bits per heavy atom. The maximum atomic E-state index is 6.51. The summed E-state index contributed by atoms with van der Waals surface area (Å²) < 4.78 is 6.51. The monoisotopic (exact) mass is 754 g/mol. The van der Waals surface area contributed by atoms with Crippen molar-refractivity contribution in [1.82, 2.24) is 19.9 Å². The molecule has 8 aromatic carbocycles. The summed E-state index contributed by atoms with van der Waals surface area (Å²) in [5.41, 5.74) is 14.0. The lowest BCUT2D eigenvalue weighted by Crippen LogP contribution is -2.00. The van der Waals surface area contributed by atoms with Crippen molar-refractivity contribution in [3.8, 4) is 78.8 Å². The highest BCUT2D eigenvalue weighted by atomic mass is 16.3. The molecule has 0 fully saturated rings. The van der Waals surface area contributed by atoms with Crippen LogP contribution in [0.4, 0.5) is 0 Å². The van der Waals surface area contributed by atoms with Gasteiger partial charge in [0, 0.05) is 33.0 Å². The minimum atomic E-state index is 0.607. The third-order valence-corrected chi connectivity index (χ3v) is 11.0. The van der Waals surface area contributed by atoms with Crippen molar-refractivity contribution in [2.75, 3.05) is 0 Å². The van der Waals surface area contributed by atoms with Crippen molar-refractivity contribution < 1.29 is 4.42 Å². The summed E-state index contributed by atoms with van der Waals surface area (Å²) in [6.07, 6.45) is 0. The van der Waals surface area contributed by atoms with E-state index in [0.29, 0.717) is 17.5 Å². The molecule has 3 aromatic heterocycles. The summed E-state index contributed by atoms with van der Waals surface area (Å²) in [6.45, 7) is 0. The second-order valence-corrected chi connectivity index (χ2v) is 14.6. The Bertz CT molecular complexity index is 3170. The van der Waals surface area contributed by atoms with Gasteiger partial charge in [-0.05, 0) is 51.6 Å². The predicted molar refractivity (Wildman–Crippen MR) is 240 cm³/mol. The van der Waals surface area contributed by atoms with Gasteiger partial charge in [-0.1, -0.05) is 188 Å². The van der Waals surface area contributed by atoms with Crippen molar-refractivity contribution in [3.63, 3.8) is 0 Å². The number of rotatable bonds is 7. The summed E-state index contributed by atoms with van der Waals surface area (Å²) in [5.74, 6) is 1.84. The van der Waals surface area contributed by atoms with Crippen molar-refractivity contribution in [2.24, 2.45) is 0 Å². The van der Waals surface area contributed by atoms with Gasteiger partial charge in [0.05, 0.1) is 16.6 Å². The maximum Gasteiger partial charge on any atom is 0.164 e. The molecular formula is C54H34N4O. The molecule has 0 aliphatic carbocycles. The van der Waals surface area contributed by atoms with E-state index in [1.165, 1.54) is 0 Å². The number of para-hydroxylation sites is 1. The van der Waals surface area contributed by atoms with Crippen molar-refractivity contribution in [1.29, 1.82) is 0 Å². The van der Waals surface area contributed by atoms with E-state index in [0.717, 1.165) is 94.2 Å². The molecule has 0 atom stereocenters. The van der Waals surface area contributed by atoms with E-state index < -0.39 is 0 Å². The topological polar surface area (TPSA) is 64.7 Å². The summed E-state index contributed by atoms with van der Waals surface area (Å²) in [5, 5.41) is 3.08. The number of benzene rings is 8. The fourth-order valence-electron chi connectivity index (χ4n) is 7.91. The van der Waals surface area contributed by atoms with Crippen molar-refractivity contribution in [2.45, 2.75) is 0 Å². The molecule has 0 radical (unpaired) electrons. The van der Waals surface area contributed by atoms with E-state index in [9.17, 15) is 0 Å². The number of nitrogens with zero attached hydrogens (tertiary/aromatic N) is 4. The standard InChI is InChI=1S/C54H34N4O/c1-4-12-35(13-5-1)37-20-26-41(27-21-37)52-56-53(42-28-22-38(23-29-42)36-14-6-2-7-15-36)58-54(57-52)43-30-24-39(25-31-43)44-32-33-45-47(34-44)55-50(40-16-8-3-9-17-40)49-46-18-10-11-19-48(46)59-51(45)49/h1-34H. The highest BCUT2D eigenvalue weighted by molar-refractivity contribution is 6.19. The van der Waals surface area contributed by atoms with Crippen LogP contribution in [0.5, 0.6) is 0 Å². The minimum absolute atomic E-state index is 0.607. The predicted octanol–water partition coefficient (Wildman–Crippen LogP) is 14.0. The number of hydrogen-bond acceptors (Lipinski definition) is 5. The number of fused-ring (bicyclic) bond motifs is 5. The molecule has 0 N–H and O–H groups in total.